The van der Waals surface area contributed by atoms with Crippen LogP contribution in [0.3, 0.4) is 0 Å². The van der Waals surface area contributed by atoms with E-state index < -0.39 is 0 Å². The lowest BCUT2D eigenvalue weighted by Crippen LogP contribution is -2.35. The smallest absolute Gasteiger partial charge is 0.291 e. The van der Waals surface area contributed by atoms with E-state index in [2.05, 4.69) is 15.2 Å². The van der Waals surface area contributed by atoms with E-state index in [1.165, 1.54) is 17.6 Å². The highest BCUT2D eigenvalue weighted by Crippen LogP contribution is 2.29. The van der Waals surface area contributed by atoms with Crippen LogP contribution in [-0.4, -0.2) is 52.9 Å². The molecule has 1 aliphatic rings. The summed E-state index contributed by atoms with van der Waals surface area (Å²) in [5.41, 5.74) is 2.81. The Kier molecular flexibility index (Phi) is 5.40. The number of aromatic amines is 1. The minimum absolute atomic E-state index is 0.00236. The van der Waals surface area contributed by atoms with Gasteiger partial charge in [-0.15, -0.1) is 11.3 Å². The first kappa shape index (κ1) is 20.3. The molecule has 2 N–H and O–H groups in total. The van der Waals surface area contributed by atoms with Crippen molar-refractivity contribution in [3.8, 4) is 0 Å². The maximum atomic E-state index is 13.2. The molecule has 3 aromatic heterocycles. The van der Waals surface area contributed by atoms with E-state index in [4.69, 9.17) is 9.40 Å². The van der Waals surface area contributed by atoms with Gasteiger partial charge in [0.25, 0.3) is 11.8 Å². The summed E-state index contributed by atoms with van der Waals surface area (Å²) in [6, 6.07) is 13.1. The van der Waals surface area contributed by atoms with Crippen molar-refractivity contribution < 1.29 is 14.0 Å². The Bertz CT molecular complexity index is 1230. The molecule has 1 fully saturated rings. The van der Waals surface area contributed by atoms with Gasteiger partial charge in [0.2, 0.25) is 5.95 Å². The van der Waals surface area contributed by atoms with Gasteiger partial charge in [0.05, 0.1) is 27.2 Å². The van der Waals surface area contributed by atoms with Crippen molar-refractivity contribution in [3.63, 3.8) is 0 Å². The van der Waals surface area contributed by atoms with E-state index in [1.54, 1.807) is 12.1 Å². The summed E-state index contributed by atoms with van der Waals surface area (Å²) in [6.45, 7) is 4.72. The average Bonchev–Trinajstić information content (AvgIpc) is 3.50. The van der Waals surface area contributed by atoms with Gasteiger partial charge in [0.1, 0.15) is 0 Å². The predicted octanol–water partition coefficient (Wildman–Crippen LogP) is 4.13. The topological polar surface area (TPSA) is 94.5 Å². The summed E-state index contributed by atoms with van der Waals surface area (Å²) >= 11 is 1.30. The number of anilines is 2. The summed E-state index contributed by atoms with van der Waals surface area (Å²) in [7, 11) is 0. The van der Waals surface area contributed by atoms with E-state index >= 15 is 0 Å². The van der Waals surface area contributed by atoms with Gasteiger partial charge in [-0.3, -0.25) is 9.59 Å². The fraction of sp³-hybridized carbons (Fsp3) is 0.261. The molecule has 2 amide bonds. The average molecular weight is 450 g/mol. The van der Waals surface area contributed by atoms with E-state index in [1.807, 2.05) is 42.2 Å². The SMILES string of the molecule is Cc1cc(NC(=O)c2ccco2)sc1C(=O)N1CCCN(c2nc3ccccc3[nH]2)CC1. The van der Waals surface area contributed by atoms with Gasteiger partial charge in [-0.1, -0.05) is 12.1 Å². The molecule has 0 bridgehead atoms. The zero-order valence-electron chi connectivity index (χ0n) is 17.6. The summed E-state index contributed by atoms with van der Waals surface area (Å²) in [6.07, 6.45) is 2.31. The lowest BCUT2D eigenvalue weighted by Gasteiger charge is -2.21. The number of hydrogen-bond donors (Lipinski definition) is 2. The molecule has 0 radical (unpaired) electrons. The number of aromatic nitrogens is 2. The van der Waals surface area contributed by atoms with E-state index in [0.29, 0.717) is 29.5 Å². The molecule has 5 rings (SSSR count). The first-order chi connectivity index (χ1) is 15.6. The fourth-order valence-corrected chi connectivity index (χ4v) is 4.94. The number of para-hydroxylation sites is 2. The van der Waals surface area contributed by atoms with Crippen LogP contribution in [0.25, 0.3) is 11.0 Å². The number of imidazole rings is 1. The minimum atomic E-state index is -0.327. The van der Waals surface area contributed by atoms with Gasteiger partial charge in [-0.25, -0.2) is 4.98 Å². The largest absolute Gasteiger partial charge is 0.459 e. The molecule has 4 heterocycles. The Morgan fingerprint density at radius 3 is 2.81 bits per heavy atom. The molecule has 164 valence electrons. The van der Waals surface area contributed by atoms with Crippen LogP contribution in [0, 0.1) is 6.92 Å². The molecule has 1 aromatic carbocycles. The van der Waals surface area contributed by atoms with Crippen molar-refractivity contribution in [3.05, 3.63) is 64.9 Å². The van der Waals surface area contributed by atoms with E-state index in [-0.39, 0.29) is 17.6 Å². The molecular formula is C23H23N5O3S. The zero-order chi connectivity index (χ0) is 22.1. The number of thiophene rings is 1. The Morgan fingerprint density at radius 1 is 1.12 bits per heavy atom. The molecule has 0 atom stereocenters. The number of aryl methyl sites for hydroxylation is 1. The van der Waals surface area contributed by atoms with Gasteiger partial charge < -0.3 is 24.5 Å². The van der Waals surface area contributed by atoms with Crippen molar-refractivity contribution in [1.82, 2.24) is 14.9 Å². The number of H-pyrrole nitrogens is 1. The summed E-state index contributed by atoms with van der Waals surface area (Å²) in [4.78, 5) is 38.3. The first-order valence-electron chi connectivity index (χ1n) is 10.5. The van der Waals surface area contributed by atoms with Crippen LogP contribution in [-0.2, 0) is 0 Å². The van der Waals surface area contributed by atoms with Crippen LogP contribution in [0.1, 0.15) is 32.2 Å². The number of fused-ring (bicyclic) bond motifs is 1. The molecule has 0 spiro atoms. The lowest BCUT2D eigenvalue weighted by atomic mass is 10.2. The number of nitrogens with zero attached hydrogens (tertiary/aromatic N) is 3. The van der Waals surface area contributed by atoms with Crippen LogP contribution in [0.15, 0.2) is 53.1 Å². The fourth-order valence-electron chi connectivity index (χ4n) is 3.90. The third-order valence-corrected chi connectivity index (χ3v) is 6.69. The number of furan rings is 1. The van der Waals surface area contributed by atoms with E-state index in [9.17, 15) is 9.59 Å². The molecule has 8 nitrogen and oxygen atoms in total. The van der Waals surface area contributed by atoms with Crippen LogP contribution in [0.2, 0.25) is 0 Å². The maximum Gasteiger partial charge on any atom is 0.291 e. The Hall–Kier alpha value is -3.59. The van der Waals surface area contributed by atoms with Gasteiger partial charge >= 0.3 is 0 Å². The lowest BCUT2D eigenvalue weighted by molar-refractivity contribution is 0.0771. The third kappa shape index (κ3) is 3.99. The Morgan fingerprint density at radius 2 is 2.00 bits per heavy atom. The second-order valence-corrected chi connectivity index (χ2v) is 8.82. The molecule has 4 aromatic rings. The molecule has 0 aliphatic carbocycles. The molecule has 0 saturated carbocycles. The molecule has 32 heavy (non-hydrogen) atoms. The summed E-state index contributed by atoms with van der Waals surface area (Å²) < 4.78 is 5.13. The van der Waals surface area contributed by atoms with Gasteiger partial charge in [0, 0.05) is 26.2 Å². The number of benzene rings is 1. The molecule has 1 aliphatic heterocycles. The Labute approximate surface area is 188 Å². The summed E-state index contributed by atoms with van der Waals surface area (Å²) in [5.74, 6) is 0.752. The maximum absolute atomic E-state index is 13.2. The Balaban J connectivity index is 1.26. The van der Waals surface area contributed by atoms with Crippen molar-refractivity contribution >= 4 is 45.1 Å². The van der Waals surface area contributed by atoms with Crippen molar-refractivity contribution in [2.24, 2.45) is 0 Å². The van der Waals surface area contributed by atoms with Gasteiger partial charge in [-0.2, -0.15) is 0 Å². The zero-order valence-corrected chi connectivity index (χ0v) is 18.4. The number of nitrogens with one attached hydrogen (secondary N) is 2. The molecule has 9 heteroatoms. The van der Waals surface area contributed by atoms with Crippen LogP contribution in [0.5, 0.6) is 0 Å². The van der Waals surface area contributed by atoms with Crippen molar-refractivity contribution in [1.29, 1.82) is 0 Å². The second-order valence-electron chi connectivity index (χ2n) is 7.76. The molecule has 0 unspecified atom stereocenters. The normalized spacial score (nSPS) is 14.5. The summed E-state index contributed by atoms with van der Waals surface area (Å²) in [5, 5.41) is 3.44. The van der Waals surface area contributed by atoms with Crippen LogP contribution >= 0.6 is 11.3 Å². The monoisotopic (exact) mass is 449 g/mol. The number of rotatable bonds is 4. The molecular weight excluding hydrogens is 426 g/mol. The highest BCUT2D eigenvalue weighted by Gasteiger charge is 2.25. The number of carbonyl (C=O) groups excluding carboxylic acids is 2. The minimum Gasteiger partial charge on any atom is -0.459 e. The van der Waals surface area contributed by atoms with Crippen molar-refractivity contribution in [2.75, 3.05) is 36.4 Å². The predicted molar refractivity (Wildman–Crippen MR) is 125 cm³/mol. The molecule has 1 saturated heterocycles. The standard InChI is InChI=1S/C23H23N5O3S/c1-15-14-19(26-21(29)18-8-4-13-31-18)32-20(15)22(30)27-9-5-10-28(12-11-27)23-24-16-6-2-3-7-17(16)25-23/h2-4,6-8,13-14H,5,9-12H2,1H3,(H,24,25)(H,26,29). The quantitative estimate of drug-likeness (QED) is 0.489. The van der Waals surface area contributed by atoms with Gasteiger partial charge in [-0.05, 0) is 49.2 Å². The highest BCUT2D eigenvalue weighted by atomic mass is 32.1. The third-order valence-electron chi connectivity index (χ3n) is 5.55. The van der Waals surface area contributed by atoms with E-state index in [0.717, 1.165) is 35.5 Å². The highest BCUT2D eigenvalue weighted by molar-refractivity contribution is 7.18. The number of hydrogen-bond acceptors (Lipinski definition) is 6. The van der Waals surface area contributed by atoms with Crippen molar-refractivity contribution in [2.45, 2.75) is 13.3 Å². The second kappa shape index (κ2) is 8.51. The van der Waals surface area contributed by atoms with Gasteiger partial charge in [0.15, 0.2) is 5.76 Å². The van der Waals surface area contributed by atoms with Crippen LogP contribution < -0.4 is 10.2 Å². The number of amides is 2. The first-order valence-corrected chi connectivity index (χ1v) is 11.3. The number of carbonyl (C=O) groups is 2. The van der Waals surface area contributed by atoms with Crippen LogP contribution in [0.4, 0.5) is 10.9 Å².